The van der Waals surface area contributed by atoms with Gasteiger partial charge in [-0.15, -0.1) is 0 Å². The van der Waals surface area contributed by atoms with Crippen molar-refractivity contribution in [1.82, 2.24) is 0 Å². The second-order valence-corrected chi connectivity index (χ2v) is 3.56. The molecule has 1 heteroatoms. The molecule has 0 radical (unpaired) electrons. The van der Waals surface area contributed by atoms with Gasteiger partial charge in [-0.1, -0.05) is 13.8 Å². The average molecular weight is 128 g/mol. The van der Waals surface area contributed by atoms with E-state index in [0.717, 1.165) is 0 Å². The topological polar surface area (TPSA) is 20.2 Å². The minimum atomic E-state index is -0.0995. The number of hydrogen-bond donors (Lipinski definition) is 1. The van der Waals surface area contributed by atoms with Gasteiger partial charge in [-0.25, -0.2) is 0 Å². The van der Waals surface area contributed by atoms with E-state index in [4.69, 9.17) is 0 Å². The van der Waals surface area contributed by atoms with E-state index in [9.17, 15) is 5.11 Å². The van der Waals surface area contributed by atoms with Crippen molar-refractivity contribution in [3.05, 3.63) is 0 Å². The van der Waals surface area contributed by atoms with E-state index in [2.05, 4.69) is 13.8 Å². The molecule has 1 nitrogen and oxygen atoms in total. The molecule has 9 heavy (non-hydrogen) atoms. The molecular weight excluding hydrogens is 112 g/mol. The van der Waals surface area contributed by atoms with Crippen molar-refractivity contribution in [2.75, 3.05) is 0 Å². The highest BCUT2D eigenvalue weighted by atomic mass is 16.3. The fourth-order valence-electron chi connectivity index (χ4n) is 1.62. The van der Waals surface area contributed by atoms with Gasteiger partial charge in [-0.2, -0.15) is 0 Å². The highest BCUT2D eigenvalue weighted by Crippen LogP contribution is 2.54. The normalized spacial score (nSPS) is 26.3. The maximum atomic E-state index is 9.31. The van der Waals surface area contributed by atoms with Gasteiger partial charge >= 0.3 is 0 Å². The molecular formula is C8H16O. The maximum absolute atomic E-state index is 9.31. The zero-order valence-corrected chi connectivity index (χ0v) is 6.52. The van der Waals surface area contributed by atoms with Crippen LogP contribution in [0, 0.1) is 11.3 Å². The Labute approximate surface area is 57.1 Å². The lowest BCUT2D eigenvalue weighted by molar-refractivity contribution is 0.0801. The van der Waals surface area contributed by atoms with Crippen LogP contribution in [0.15, 0.2) is 0 Å². The third-order valence-electron chi connectivity index (χ3n) is 2.81. The summed E-state index contributed by atoms with van der Waals surface area (Å²) in [4.78, 5) is 0. The summed E-state index contributed by atoms with van der Waals surface area (Å²) in [5, 5.41) is 9.31. The quantitative estimate of drug-likeness (QED) is 0.601. The third-order valence-corrected chi connectivity index (χ3v) is 2.81. The molecule has 1 unspecified atom stereocenters. The van der Waals surface area contributed by atoms with E-state index >= 15 is 0 Å². The molecule has 1 N–H and O–H groups in total. The van der Waals surface area contributed by atoms with Crippen LogP contribution in [-0.4, -0.2) is 11.2 Å². The second kappa shape index (κ2) is 1.98. The summed E-state index contributed by atoms with van der Waals surface area (Å²) in [5.41, 5.74) is 0.306. The summed E-state index contributed by atoms with van der Waals surface area (Å²) in [6.45, 7) is 6.30. The first kappa shape index (κ1) is 7.07. The minimum absolute atomic E-state index is 0.0995. The van der Waals surface area contributed by atoms with Gasteiger partial charge in [-0.3, -0.25) is 0 Å². The van der Waals surface area contributed by atoms with Gasteiger partial charge in [0.15, 0.2) is 0 Å². The molecule has 1 aliphatic rings. The van der Waals surface area contributed by atoms with Crippen molar-refractivity contribution in [2.45, 2.75) is 39.7 Å². The minimum Gasteiger partial charge on any atom is -0.393 e. The summed E-state index contributed by atoms with van der Waals surface area (Å²) in [5.74, 6) is 0.650. The standard InChI is InChI=1S/C8H16O/c1-6(2)8(4-5-8)7(3)9/h6-7,9H,4-5H2,1-3H3. The molecule has 0 heterocycles. The number of aliphatic hydroxyl groups is 1. The number of aliphatic hydroxyl groups excluding tert-OH is 1. The number of rotatable bonds is 2. The zero-order chi connectivity index (χ0) is 7.07. The number of hydrogen-bond acceptors (Lipinski definition) is 1. The summed E-state index contributed by atoms with van der Waals surface area (Å²) in [6, 6.07) is 0. The lowest BCUT2D eigenvalue weighted by atomic mass is 9.88. The predicted octanol–water partition coefficient (Wildman–Crippen LogP) is 1.80. The Morgan fingerprint density at radius 1 is 1.22 bits per heavy atom. The molecule has 0 aromatic heterocycles. The van der Waals surface area contributed by atoms with E-state index in [-0.39, 0.29) is 6.10 Å². The van der Waals surface area contributed by atoms with Crippen LogP contribution in [0.5, 0.6) is 0 Å². The van der Waals surface area contributed by atoms with Crippen molar-refractivity contribution in [3.63, 3.8) is 0 Å². The van der Waals surface area contributed by atoms with Crippen molar-refractivity contribution in [1.29, 1.82) is 0 Å². The lowest BCUT2D eigenvalue weighted by Gasteiger charge is -2.22. The lowest BCUT2D eigenvalue weighted by Crippen LogP contribution is -2.23. The molecule has 0 aromatic carbocycles. The Morgan fingerprint density at radius 2 is 1.67 bits per heavy atom. The van der Waals surface area contributed by atoms with Crippen molar-refractivity contribution in [2.24, 2.45) is 11.3 Å². The molecule has 54 valence electrons. The Morgan fingerprint density at radius 3 is 1.67 bits per heavy atom. The molecule has 1 saturated carbocycles. The maximum Gasteiger partial charge on any atom is 0.0570 e. The van der Waals surface area contributed by atoms with Gasteiger partial charge in [0.1, 0.15) is 0 Å². The van der Waals surface area contributed by atoms with Gasteiger partial charge < -0.3 is 5.11 Å². The largest absolute Gasteiger partial charge is 0.393 e. The second-order valence-electron chi connectivity index (χ2n) is 3.56. The molecule has 0 spiro atoms. The Kier molecular flexibility index (Phi) is 1.55. The average Bonchev–Trinajstić information content (AvgIpc) is 2.40. The van der Waals surface area contributed by atoms with Crippen LogP contribution in [0.3, 0.4) is 0 Å². The molecule has 1 aliphatic carbocycles. The Bertz CT molecular complexity index is 91.1. The summed E-state index contributed by atoms with van der Waals surface area (Å²) < 4.78 is 0. The summed E-state index contributed by atoms with van der Waals surface area (Å²) in [7, 11) is 0. The van der Waals surface area contributed by atoms with Crippen LogP contribution < -0.4 is 0 Å². The van der Waals surface area contributed by atoms with Gasteiger partial charge in [0.05, 0.1) is 6.10 Å². The Balaban J connectivity index is 2.52. The van der Waals surface area contributed by atoms with Crippen LogP contribution in [-0.2, 0) is 0 Å². The first-order valence-electron chi connectivity index (χ1n) is 3.77. The van der Waals surface area contributed by atoms with E-state index in [1.54, 1.807) is 0 Å². The van der Waals surface area contributed by atoms with E-state index in [1.807, 2.05) is 6.92 Å². The molecule has 1 atom stereocenters. The summed E-state index contributed by atoms with van der Waals surface area (Å²) in [6.07, 6.45) is 2.35. The van der Waals surface area contributed by atoms with Crippen molar-refractivity contribution < 1.29 is 5.11 Å². The molecule has 0 aromatic rings. The molecule has 0 aliphatic heterocycles. The van der Waals surface area contributed by atoms with Crippen LogP contribution in [0.25, 0.3) is 0 Å². The highest BCUT2D eigenvalue weighted by Gasteiger charge is 2.48. The molecule has 0 amide bonds. The monoisotopic (exact) mass is 128 g/mol. The molecule has 1 fully saturated rings. The van der Waals surface area contributed by atoms with Crippen LogP contribution in [0.1, 0.15) is 33.6 Å². The van der Waals surface area contributed by atoms with Gasteiger partial charge in [-0.05, 0) is 31.1 Å². The van der Waals surface area contributed by atoms with Crippen LogP contribution in [0.2, 0.25) is 0 Å². The van der Waals surface area contributed by atoms with Crippen LogP contribution >= 0.6 is 0 Å². The highest BCUT2D eigenvalue weighted by molar-refractivity contribution is 4.99. The van der Waals surface area contributed by atoms with E-state index in [1.165, 1.54) is 12.8 Å². The SMILES string of the molecule is CC(C)C1(C(C)O)CC1. The summed E-state index contributed by atoms with van der Waals surface area (Å²) >= 11 is 0. The van der Waals surface area contributed by atoms with Crippen molar-refractivity contribution >= 4 is 0 Å². The van der Waals surface area contributed by atoms with Gasteiger partial charge in [0.25, 0.3) is 0 Å². The first-order chi connectivity index (χ1) is 4.09. The van der Waals surface area contributed by atoms with Gasteiger partial charge in [0.2, 0.25) is 0 Å². The zero-order valence-electron chi connectivity index (χ0n) is 6.52. The van der Waals surface area contributed by atoms with E-state index in [0.29, 0.717) is 11.3 Å². The molecule has 0 saturated heterocycles. The smallest absolute Gasteiger partial charge is 0.0570 e. The molecule has 1 rings (SSSR count). The van der Waals surface area contributed by atoms with E-state index < -0.39 is 0 Å². The fraction of sp³-hybridized carbons (Fsp3) is 1.00. The fourth-order valence-corrected chi connectivity index (χ4v) is 1.62. The predicted molar refractivity (Wildman–Crippen MR) is 38.2 cm³/mol. The van der Waals surface area contributed by atoms with Gasteiger partial charge in [0, 0.05) is 0 Å². The van der Waals surface area contributed by atoms with Crippen LogP contribution in [0.4, 0.5) is 0 Å². The van der Waals surface area contributed by atoms with Crippen molar-refractivity contribution in [3.8, 4) is 0 Å². The molecule has 0 bridgehead atoms. The first-order valence-corrected chi connectivity index (χ1v) is 3.77. The Hall–Kier alpha value is -0.0400. The third kappa shape index (κ3) is 0.983.